The molecule has 1 amide bonds. The molecule has 26 heavy (non-hydrogen) atoms. The molecule has 1 unspecified atom stereocenters. The average Bonchev–Trinajstić information content (AvgIpc) is 3.08. The molecule has 0 aliphatic carbocycles. The first-order valence-corrected chi connectivity index (χ1v) is 10.8. The highest BCUT2D eigenvalue weighted by Crippen LogP contribution is 2.32. The highest BCUT2D eigenvalue weighted by atomic mass is 35.5. The average molecular weight is 424 g/mol. The van der Waals surface area contributed by atoms with Gasteiger partial charge in [0.25, 0.3) is 5.91 Å². The first kappa shape index (κ1) is 21.6. The molecule has 2 N–H and O–H groups in total. The van der Waals surface area contributed by atoms with Gasteiger partial charge >= 0.3 is 0 Å². The molecule has 1 aromatic heterocycles. The van der Waals surface area contributed by atoms with Gasteiger partial charge in [0.2, 0.25) is 10.0 Å². The van der Waals surface area contributed by atoms with Gasteiger partial charge in [-0.3, -0.25) is 4.79 Å². The Hall–Kier alpha value is -0.710. The maximum atomic E-state index is 13.0. The summed E-state index contributed by atoms with van der Waals surface area (Å²) in [4.78, 5) is 15.1. The van der Waals surface area contributed by atoms with Crippen LogP contribution < -0.4 is 5.73 Å². The van der Waals surface area contributed by atoms with Crippen molar-refractivity contribution in [3.05, 3.63) is 16.3 Å². The molecule has 3 heterocycles. The Labute approximate surface area is 164 Å². The monoisotopic (exact) mass is 423 g/mol. The number of rotatable bonds is 3. The maximum Gasteiger partial charge on any atom is 0.265 e. The summed E-state index contributed by atoms with van der Waals surface area (Å²) in [6, 6.07) is 1.57. The van der Waals surface area contributed by atoms with Crippen molar-refractivity contribution in [1.29, 1.82) is 0 Å². The Morgan fingerprint density at radius 1 is 1.31 bits per heavy atom. The molecular formula is C16H26ClN3O4S2. The fourth-order valence-corrected chi connectivity index (χ4v) is 6.04. The summed E-state index contributed by atoms with van der Waals surface area (Å²) in [5.74, 6) is -0.221. The Morgan fingerprint density at radius 3 is 2.58 bits per heavy atom. The topological polar surface area (TPSA) is 92.9 Å². The van der Waals surface area contributed by atoms with Crippen molar-refractivity contribution in [2.75, 3.05) is 39.4 Å². The summed E-state index contributed by atoms with van der Waals surface area (Å²) in [5.41, 5.74) is 5.95. The van der Waals surface area contributed by atoms with Crippen molar-refractivity contribution < 1.29 is 17.9 Å². The molecule has 0 bridgehead atoms. The van der Waals surface area contributed by atoms with E-state index in [2.05, 4.69) is 0 Å². The molecule has 0 radical (unpaired) electrons. The van der Waals surface area contributed by atoms with Crippen molar-refractivity contribution in [3.8, 4) is 0 Å². The predicted octanol–water partition coefficient (Wildman–Crippen LogP) is 1.39. The third-order valence-corrected chi connectivity index (χ3v) is 7.98. The Bertz CT molecular complexity index is 744. The zero-order valence-corrected chi connectivity index (χ0v) is 17.5. The summed E-state index contributed by atoms with van der Waals surface area (Å²) in [6.07, 6.45) is 0.718. The third kappa shape index (κ3) is 4.07. The van der Waals surface area contributed by atoms with Crippen molar-refractivity contribution in [2.24, 2.45) is 11.1 Å². The molecule has 148 valence electrons. The van der Waals surface area contributed by atoms with E-state index in [0.29, 0.717) is 39.4 Å². The van der Waals surface area contributed by atoms with Crippen LogP contribution in [0, 0.1) is 5.41 Å². The minimum absolute atomic E-state index is 0. The number of nitrogens with two attached hydrogens (primary N) is 1. The van der Waals surface area contributed by atoms with E-state index in [1.54, 1.807) is 10.3 Å². The Morgan fingerprint density at radius 2 is 1.96 bits per heavy atom. The van der Waals surface area contributed by atoms with Gasteiger partial charge < -0.3 is 15.4 Å². The molecular weight excluding hydrogens is 398 g/mol. The van der Waals surface area contributed by atoms with Crippen LogP contribution in [-0.4, -0.2) is 69.0 Å². The first-order valence-electron chi connectivity index (χ1n) is 8.44. The van der Waals surface area contributed by atoms with Crippen LogP contribution in [0.2, 0.25) is 0 Å². The van der Waals surface area contributed by atoms with E-state index in [1.807, 2.05) is 13.8 Å². The summed E-state index contributed by atoms with van der Waals surface area (Å²) >= 11 is 1.18. The number of sulfonamides is 1. The third-order valence-electron chi connectivity index (χ3n) is 5.01. The quantitative estimate of drug-likeness (QED) is 0.792. The van der Waals surface area contributed by atoms with Gasteiger partial charge in [-0.25, -0.2) is 8.42 Å². The molecule has 2 fully saturated rings. The zero-order valence-electron chi connectivity index (χ0n) is 15.0. The Kier molecular flexibility index (Phi) is 6.74. The number of carbonyl (C=O) groups excluding carboxylic acids is 1. The first-order chi connectivity index (χ1) is 11.7. The molecule has 1 atom stereocenters. The molecule has 0 spiro atoms. The van der Waals surface area contributed by atoms with Crippen LogP contribution in [-0.2, 0) is 14.8 Å². The van der Waals surface area contributed by atoms with Gasteiger partial charge in [-0.1, -0.05) is 13.8 Å². The largest absolute Gasteiger partial charge is 0.379 e. The molecule has 10 heteroatoms. The zero-order chi connectivity index (χ0) is 18.2. The molecule has 2 aliphatic heterocycles. The van der Waals surface area contributed by atoms with Crippen LogP contribution >= 0.6 is 23.7 Å². The van der Waals surface area contributed by atoms with Crippen molar-refractivity contribution in [1.82, 2.24) is 9.21 Å². The fourth-order valence-electron chi connectivity index (χ4n) is 3.27. The Balaban J connectivity index is 0.00000243. The van der Waals surface area contributed by atoms with Crippen LogP contribution in [0.1, 0.15) is 29.9 Å². The smallest absolute Gasteiger partial charge is 0.265 e. The minimum atomic E-state index is -3.68. The SMILES string of the molecule is CC1(C)CN(C(=O)c2sccc2S(=O)(=O)N2CCOCC2)CCC1N.Cl. The van der Waals surface area contributed by atoms with Gasteiger partial charge in [-0.05, 0) is 23.3 Å². The van der Waals surface area contributed by atoms with Crippen molar-refractivity contribution in [3.63, 3.8) is 0 Å². The highest BCUT2D eigenvalue weighted by Gasteiger charge is 2.38. The van der Waals surface area contributed by atoms with E-state index in [-0.39, 0.29) is 39.5 Å². The number of morpholine rings is 1. The number of amides is 1. The number of hydrogen-bond acceptors (Lipinski definition) is 6. The lowest BCUT2D eigenvalue weighted by Gasteiger charge is -2.42. The minimum Gasteiger partial charge on any atom is -0.379 e. The lowest BCUT2D eigenvalue weighted by Crippen LogP contribution is -2.54. The van der Waals surface area contributed by atoms with Gasteiger partial charge in [0.15, 0.2) is 0 Å². The standard InChI is InChI=1S/C16H25N3O4S2.ClH/c1-16(2)11-18(5-3-13(16)17)15(20)14-12(4-10-24-14)25(21,22)19-6-8-23-9-7-19;/h4,10,13H,3,5-9,11,17H2,1-2H3;1H. The molecule has 2 aliphatic rings. The summed E-state index contributed by atoms with van der Waals surface area (Å²) in [5, 5.41) is 1.67. The van der Waals surface area contributed by atoms with E-state index in [9.17, 15) is 13.2 Å². The number of hydrogen-bond donors (Lipinski definition) is 1. The van der Waals surface area contributed by atoms with Crippen molar-refractivity contribution >= 4 is 39.7 Å². The van der Waals surface area contributed by atoms with Gasteiger partial charge in [0.05, 0.1) is 13.2 Å². The molecule has 0 saturated carbocycles. The van der Waals surface area contributed by atoms with Crippen LogP contribution in [0.25, 0.3) is 0 Å². The van der Waals surface area contributed by atoms with E-state index in [1.165, 1.54) is 21.7 Å². The van der Waals surface area contributed by atoms with Gasteiger partial charge in [-0.2, -0.15) is 4.31 Å². The predicted molar refractivity (Wildman–Crippen MR) is 103 cm³/mol. The van der Waals surface area contributed by atoms with Crippen LogP contribution in [0.4, 0.5) is 0 Å². The van der Waals surface area contributed by atoms with Gasteiger partial charge in [-0.15, -0.1) is 23.7 Å². The fraction of sp³-hybridized carbons (Fsp3) is 0.688. The van der Waals surface area contributed by atoms with E-state index < -0.39 is 10.0 Å². The van der Waals surface area contributed by atoms with E-state index in [0.717, 1.165) is 6.42 Å². The van der Waals surface area contributed by atoms with Crippen LogP contribution in [0.5, 0.6) is 0 Å². The lowest BCUT2D eigenvalue weighted by atomic mass is 9.79. The second-order valence-corrected chi connectivity index (χ2v) is 10.1. The maximum absolute atomic E-state index is 13.0. The summed E-state index contributed by atoms with van der Waals surface area (Å²) in [7, 11) is -3.68. The molecule has 7 nitrogen and oxygen atoms in total. The van der Waals surface area contributed by atoms with Crippen LogP contribution in [0.3, 0.4) is 0 Å². The number of carbonyl (C=O) groups is 1. The molecule has 0 aromatic carbocycles. The molecule has 1 aromatic rings. The molecule has 2 saturated heterocycles. The van der Waals surface area contributed by atoms with Gasteiger partial charge in [0.1, 0.15) is 9.77 Å². The lowest BCUT2D eigenvalue weighted by molar-refractivity contribution is 0.0533. The van der Waals surface area contributed by atoms with Gasteiger partial charge in [0, 0.05) is 32.2 Å². The normalized spacial score (nSPS) is 24.1. The van der Waals surface area contributed by atoms with Crippen molar-refractivity contribution in [2.45, 2.75) is 31.2 Å². The van der Waals surface area contributed by atoms with E-state index >= 15 is 0 Å². The van der Waals surface area contributed by atoms with Crippen LogP contribution in [0.15, 0.2) is 16.3 Å². The highest BCUT2D eigenvalue weighted by molar-refractivity contribution is 7.89. The number of thiophene rings is 1. The second-order valence-electron chi connectivity index (χ2n) is 7.24. The summed E-state index contributed by atoms with van der Waals surface area (Å²) < 4.78 is 32.5. The van der Waals surface area contributed by atoms with E-state index in [4.69, 9.17) is 10.5 Å². The number of ether oxygens (including phenoxy) is 1. The number of likely N-dealkylation sites (tertiary alicyclic amines) is 1. The number of nitrogens with zero attached hydrogens (tertiary/aromatic N) is 2. The summed E-state index contributed by atoms with van der Waals surface area (Å²) in [6.45, 7) is 6.55. The number of halogens is 1. The number of piperidine rings is 1. The second kappa shape index (κ2) is 8.12. The molecule has 3 rings (SSSR count).